The number of hydrogen-bond donors (Lipinski definition) is 1. The summed E-state index contributed by atoms with van der Waals surface area (Å²) in [4.78, 5) is 8.63. The van der Waals surface area contributed by atoms with E-state index in [2.05, 4.69) is 22.2 Å². The Morgan fingerprint density at radius 1 is 1.17 bits per heavy atom. The van der Waals surface area contributed by atoms with Gasteiger partial charge in [-0.3, -0.25) is 0 Å². The Morgan fingerprint density at radius 3 is 2.67 bits per heavy atom. The number of rotatable bonds is 5. The number of nitrogens with zero attached hydrogens (tertiary/aromatic N) is 2. The van der Waals surface area contributed by atoms with Crippen molar-refractivity contribution in [2.45, 2.75) is 20.3 Å². The molecule has 0 atom stereocenters. The molecule has 1 N–H and O–H groups in total. The van der Waals surface area contributed by atoms with Gasteiger partial charge in [-0.1, -0.05) is 25.1 Å². The summed E-state index contributed by atoms with van der Waals surface area (Å²) in [5.41, 5.74) is 0.884. The van der Waals surface area contributed by atoms with Gasteiger partial charge in [-0.2, -0.15) is 4.98 Å². The van der Waals surface area contributed by atoms with Gasteiger partial charge in [-0.05, 0) is 25.5 Å². The van der Waals surface area contributed by atoms with Gasteiger partial charge in [0.25, 0.3) is 0 Å². The fraction of sp³-hybridized carbons (Fsp3) is 0.286. The number of nitrogens with one attached hydrogen (secondary N) is 1. The van der Waals surface area contributed by atoms with Crippen molar-refractivity contribution in [1.82, 2.24) is 9.97 Å². The van der Waals surface area contributed by atoms with Crippen molar-refractivity contribution < 1.29 is 4.74 Å². The van der Waals surface area contributed by atoms with Gasteiger partial charge in [0.15, 0.2) is 0 Å². The van der Waals surface area contributed by atoms with E-state index in [-0.39, 0.29) is 0 Å². The molecule has 4 nitrogen and oxygen atoms in total. The first-order valence-electron chi connectivity index (χ1n) is 6.10. The number of benzene rings is 1. The fourth-order valence-electron chi connectivity index (χ4n) is 1.52. The highest BCUT2D eigenvalue weighted by molar-refractivity contribution is 5.33. The normalized spacial score (nSPS) is 10.1. The quantitative estimate of drug-likeness (QED) is 0.874. The van der Waals surface area contributed by atoms with E-state index < -0.39 is 0 Å². The van der Waals surface area contributed by atoms with Crippen LogP contribution in [0, 0.1) is 6.92 Å². The molecule has 0 aliphatic rings. The molecule has 0 saturated heterocycles. The zero-order chi connectivity index (χ0) is 12.8. The Balaban J connectivity index is 2.15. The first kappa shape index (κ1) is 12.4. The predicted molar refractivity (Wildman–Crippen MR) is 72.1 cm³/mol. The molecule has 1 heterocycles. The number of aryl methyl sites for hydroxylation is 1. The monoisotopic (exact) mass is 243 g/mol. The summed E-state index contributed by atoms with van der Waals surface area (Å²) in [5, 5.41) is 3.16. The molecule has 0 aliphatic heterocycles. The second-order valence-electron chi connectivity index (χ2n) is 4.01. The lowest BCUT2D eigenvalue weighted by atomic mass is 10.3. The van der Waals surface area contributed by atoms with Crippen LogP contribution in [0.15, 0.2) is 36.4 Å². The summed E-state index contributed by atoms with van der Waals surface area (Å²) in [6.45, 7) is 4.88. The number of hydrogen-bond acceptors (Lipinski definition) is 4. The van der Waals surface area contributed by atoms with Crippen LogP contribution in [-0.2, 0) is 0 Å². The Hall–Kier alpha value is -2.10. The van der Waals surface area contributed by atoms with Crippen LogP contribution in [0.4, 0.5) is 5.95 Å². The van der Waals surface area contributed by atoms with Gasteiger partial charge in [0.2, 0.25) is 11.8 Å². The van der Waals surface area contributed by atoms with E-state index in [1.165, 1.54) is 0 Å². The highest BCUT2D eigenvalue weighted by atomic mass is 16.5. The molecule has 0 spiro atoms. The highest BCUT2D eigenvalue weighted by Crippen LogP contribution is 2.20. The van der Waals surface area contributed by atoms with E-state index in [0.29, 0.717) is 11.8 Å². The Kier molecular flexibility index (Phi) is 4.12. The lowest BCUT2D eigenvalue weighted by molar-refractivity contribution is 0.461. The third kappa shape index (κ3) is 3.45. The van der Waals surface area contributed by atoms with Gasteiger partial charge in [-0.25, -0.2) is 4.98 Å². The van der Waals surface area contributed by atoms with Gasteiger partial charge in [0.05, 0.1) is 0 Å². The summed E-state index contributed by atoms with van der Waals surface area (Å²) in [7, 11) is 0. The van der Waals surface area contributed by atoms with Crippen molar-refractivity contribution >= 4 is 5.95 Å². The third-order valence-corrected chi connectivity index (χ3v) is 2.33. The minimum atomic E-state index is 0.562. The summed E-state index contributed by atoms with van der Waals surface area (Å²) in [6, 6.07) is 11.4. The molecule has 0 bridgehead atoms. The Labute approximate surface area is 107 Å². The van der Waals surface area contributed by atoms with E-state index in [1.54, 1.807) is 0 Å². The lowest BCUT2D eigenvalue weighted by Crippen LogP contribution is -2.05. The molecule has 94 valence electrons. The average Bonchev–Trinajstić information content (AvgIpc) is 2.37. The zero-order valence-corrected chi connectivity index (χ0v) is 10.7. The third-order valence-electron chi connectivity index (χ3n) is 2.33. The summed E-state index contributed by atoms with van der Waals surface area (Å²) in [5.74, 6) is 1.95. The highest BCUT2D eigenvalue weighted by Gasteiger charge is 2.03. The van der Waals surface area contributed by atoms with Gasteiger partial charge in [-0.15, -0.1) is 0 Å². The maximum Gasteiger partial charge on any atom is 0.226 e. The maximum absolute atomic E-state index is 5.69. The molecule has 0 aliphatic carbocycles. The number of ether oxygens (including phenoxy) is 1. The summed E-state index contributed by atoms with van der Waals surface area (Å²) in [6.07, 6.45) is 1.03. The second kappa shape index (κ2) is 6.00. The van der Waals surface area contributed by atoms with Crippen molar-refractivity contribution in [3.05, 3.63) is 42.1 Å². The van der Waals surface area contributed by atoms with E-state index in [0.717, 1.165) is 24.4 Å². The SMILES string of the molecule is CCCNc1nc(C)cc(Oc2ccccc2)n1. The van der Waals surface area contributed by atoms with E-state index in [1.807, 2.05) is 43.3 Å². The molecule has 0 unspecified atom stereocenters. The predicted octanol–water partition coefficient (Wildman–Crippen LogP) is 3.40. The average molecular weight is 243 g/mol. The molecule has 0 amide bonds. The van der Waals surface area contributed by atoms with Crippen LogP contribution in [0.3, 0.4) is 0 Å². The van der Waals surface area contributed by atoms with Gasteiger partial charge < -0.3 is 10.1 Å². The van der Waals surface area contributed by atoms with E-state index in [4.69, 9.17) is 4.74 Å². The fourth-order valence-corrected chi connectivity index (χ4v) is 1.52. The topological polar surface area (TPSA) is 47.0 Å². The van der Waals surface area contributed by atoms with Crippen LogP contribution < -0.4 is 10.1 Å². The van der Waals surface area contributed by atoms with Crippen molar-refractivity contribution in [2.24, 2.45) is 0 Å². The van der Waals surface area contributed by atoms with Crippen LogP contribution in [0.1, 0.15) is 19.0 Å². The zero-order valence-electron chi connectivity index (χ0n) is 10.7. The molecule has 1 aromatic heterocycles. The standard InChI is InChI=1S/C14H17N3O/c1-3-9-15-14-16-11(2)10-13(17-14)18-12-7-5-4-6-8-12/h4-8,10H,3,9H2,1-2H3,(H,15,16,17). The summed E-state index contributed by atoms with van der Waals surface area (Å²) >= 11 is 0. The molecule has 1 aromatic carbocycles. The first-order chi connectivity index (χ1) is 8.78. The number of para-hydroxylation sites is 1. The molecular formula is C14H17N3O. The molecule has 0 saturated carbocycles. The van der Waals surface area contributed by atoms with Gasteiger partial charge in [0, 0.05) is 18.3 Å². The van der Waals surface area contributed by atoms with Gasteiger partial charge in [0.1, 0.15) is 5.75 Å². The Morgan fingerprint density at radius 2 is 1.94 bits per heavy atom. The molecule has 0 radical (unpaired) electrons. The van der Waals surface area contributed by atoms with E-state index >= 15 is 0 Å². The molecular weight excluding hydrogens is 226 g/mol. The van der Waals surface area contributed by atoms with Crippen LogP contribution in [0.2, 0.25) is 0 Å². The lowest BCUT2D eigenvalue weighted by Gasteiger charge is -2.08. The van der Waals surface area contributed by atoms with Crippen LogP contribution in [0.25, 0.3) is 0 Å². The molecule has 4 heteroatoms. The smallest absolute Gasteiger partial charge is 0.226 e. The van der Waals surface area contributed by atoms with Crippen LogP contribution >= 0.6 is 0 Å². The minimum absolute atomic E-state index is 0.562. The van der Waals surface area contributed by atoms with Crippen molar-refractivity contribution in [2.75, 3.05) is 11.9 Å². The first-order valence-corrected chi connectivity index (χ1v) is 6.10. The second-order valence-corrected chi connectivity index (χ2v) is 4.01. The van der Waals surface area contributed by atoms with E-state index in [9.17, 15) is 0 Å². The Bertz CT molecular complexity index is 500. The number of aromatic nitrogens is 2. The maximum atomic E-state index is 5.69. The number of anilines is 1. The minimum Gasteiger partial charge on any atom is -0.439 e. The molecule has 2 aromatic rings. The van der Waals surface area contributed by atoms with Crippen LogP contribution in [-0.4, -0.2) is 16.5 Å². The molecule has 2 rings (SSSR count). The van der Waals surface area contributed by atoms with Crippen LogP contribution in [0.5, 0.6) is 11.6 Å². The largest absolute Gasteiger partial charge is 0.439 e. The van der Waals surface area contributed by atoms with Crippen molar-refractivity contribution in [1.29, 1.82) is 0 Å². The van der Waals surface area contributed by atoms with Crippen molar-refractivity contribution in [3.8, 4) is 11.6 Å². The van der Waals surface area contributed by atoms with Gasteiger partial charge >= 0.3 is 0 Å². The summed E-state index contributed by atoms with van der Waals surface area (Å²) < 4.78 is 5.69. The van der Waals surface area contributed by atoms with Crippen molar-refractivity contribution in [3.63, 3.8) is 0 Å². The molecule has 18 heavy (non-hydrogen) atoms. The molecule has 0 fully saturated rings.